The lowest BCUT2D eigenvalue weighted by atomic mass is 10.1. The van der Waals surface area contributed by atoms with Crippen molar-refractivity contribution in [3.8, 4) is 0 Å². The van der Waals surface area contributed by atoms with E-state index in [2.05, 4.69) is 12.2 Å². The second-order valence-corrected chi connectivity index (χ2v) is 4.23. The van der Waals surface area contributed by atoms with Gasteiger partial charge in [-0.25, -0.2) is 4.39 Å². The molecule has 0 heterocycles. The highest BCUT2D eigenvalue weighted by Gasteiger charge is 2.31. The third-order valence-corrected chi connectivity index (χ3v) is 2.57. The first-order valence-electron chi connectivity index (χ1n) is 6.01. The average Bonchev–Trinajstić information content (AvgIpc) is 2.27. The van der Waals surface area contributed by atoms with Gasteiger partial charge in [0.05, 0.1) is 5.56 Å². The normalized spacial score (nSPS) is 11.8. The minimum atomic E-state index is -4.50. The lowest BCUT2D eigenvalue weighted by Gasteiger charge is -2.10. The summed E-state index contributed by atoms with van der Waals surface area (Å²) in [5.74, 6) is -0.852. The van der Waals surface area contributed by atoms with Crippen LogP contribution in [0.25, 0.3) is 0 Å². The van der Waals surface area contributed by atoms with E-state index in [0.717, 1.165) is 37.9 Å². The highest BCUT2D eigenvalue weighted by atomic mass is 19.4. The summed E-state index contributed by atoms with van der Waals surface area (Å²) in [7, 11) is 0. The van der Waals surface area contributed by atoms with Gasteiger partial charge in [-0.15, -0.1) is 0 Å². The molecule has 0 amide bonds. The molecule has 0 saturated carbocycles. The third-order valence-electron chi connectivity index (χ3n) is 2.57. The fraction of sp³-hybridized carbons (Fsp3) is 0.538. The molecule has 0 saturated heterocycles. The second kappa shape index (κ2) is 6.73. The van der Waals surface area contributed by atoms with Crippen LogP contribution in [0.5, 0.6) is 0 Å². The Balaban J connectivity index is 2.58. The molecular formula is C13H17F4N. The molecule has 0 unspecified atom stereocenters. The van der Waals surface area contributed by atoms with Crippen molar-refractivity contribution in [1.29, 1.82) is 0 Å². The van der Waals surface area contributed by atoms with Crippen molar-refractivity contribution in [1.82, 2.24) is 5.32 Å². The smallest absolute Gasteiger partial charge is 0.313 e. The number of rotatable bonds is 6. The molecule has 0 aliphatic rings. The summed E-state index contributed by atoms with van der Waals surface area (Å²) in [4.78, 5) is 0. The minimum Gasteiger partial charge on any atom is -0.313 e. The fourth-order valence-electron chi connectivity index (χ4n) is 1.65. The molecule has 0 radical (unpaired) electrons. The Morgan fingerprint density at radius 1 is 1.11 bits per heavy atom. The Kier molecular flexibility index (Phi) is 5.59. The maximum Gasteiger partial charge on any atom is 0.416 e. The van der Waals surface area contributed by atoms with Crippen molar-refractivity contribution in [2.24, 2.45) is 0 Å². The lowest BCUT2D eigenvalue weighted by Crippen LogP contribution is -2.15. The minimum absolute atomic E-state index is 0.255. The number of alkyl halides is 3. The molecule has 0 aromatic heterocycles. The molecular weight excluding hydrogens is 246 g/mol. The number of nitrogens with one attached hydrogen (secondary N) is 1. The Hall–Kier alpha value is -1.10. The SMILES string of the molecule is CCCCCNCc1cc(F)cc(C(F)(F)F)c1. The summed E-state index contributed by atoms with van der Waals surface area (Å²) in [6.45, 7) is 3.05. The summed E-state index contributed by atoms with van der Waals surface area (Å²) >= 11 is 0. The van der Waals surface area contributed by atoms with Crippen molar-refractivity contribution in [2.75, 3.05) is 6.54 Å². The highest BCUT2D eigenvalue weighted by molar-refractivity contribution is 5.26. The molecule has 0 bridgehead atoms. The molecule has 1 nitrogen and oxygen atoms in total. The molecule has 1 rings (SSSR count). The van der Waals surface area contributed by atoms with E-state index in [1.165, 1.54) is 0 Å². The first-order valence-corrected chi connectivity index (χ1v) is 6.01. The maximum atomic E-state index is 13.1. The van der Waals surface area contributed by atoms with Crippen LogP contribution >= 0.6 is 0 Å². The van der Waals surface area contributed by atoms with Crippen molar-refractivity contribution in [3.05, 3.63) is 35.1 Å². The lowest BCUT2D eigenvalue weighted by molar-refractivity contribution is -0.137. The fourth-order valence-corrected chi connectivity index (χ4v) is 1.65. The van der Waals surface area contributed by atoms with E-state index >= 15 is 0 Å². The summed E-state index contributed by atoms with van der Waals surface area (Å²) in [6.07, 6.45) is -1.37. The van der Waals surface area contributed by atoms with E-state index in [9.17, 15) is 17.6 Å². The number of benzene rings is 1. The van der Waals surface area contributed by atoms with E-state index in [1.807, 2.05) is 0 Å². The van der Waals surface area contributed by atoms with Crippen LogP contribution in [0.4, 0.5) is 17.6 Å². The van der Waals surface area contributed by atoms with E-state index in [1.54, 1.807) is 0 Å². The Labute approximate surface area is 104 Å². The third kappa shape index (κ3) is 5.04. The van der Waals surface area contributed by atoms with E-state index in [-0.39, 0.29) is 6.54 Å². The zero-order valence-electron chi connectivity index (χ0n) is 10.3. The van der Waals surface area contributed by atoms with Crippen LogP contribution in [-0.2, 0) is 12.7 Å². The van der Waals surface area contributed by atoms with Crippen LogP contribution in [0, 0.1) is 5.82 Å². The van der Waals surface area contributed by atoms with Crippen LogP contribution in [0.1, 0.15) is 37.3 Å². The summed E-state index contributed by atoms with van der Waals surface area (Å²) in [5.41, 5.74) is -0.619. The Bertz CT molecular complexity index is 374. The van der Waals surface area contributed by atoms with Crippen LogP contribution in [0.2, 0.25) is 0 Å². The number of hydrogen-bond donors (Lipinski definition) is 1. The van der Waals surface area contributed by atoms with Crippen molar-refractivity contribution >= 4 is 0 Å². The van der Waals surface area contributed by atoms with Gasteiger partial charge in [0, 0.05) is 6.54 Å². The Morgan fingerprint density at radius 3 is 2.44 bits per heavy atom. The van der Waals surface area contributed by atoms with Gasteiger partial charge in [-0.1, -0.05) is 19.8 Å². The number of hydrogen-bond acceptors (Lipinski definition) is 1. The summed E-state index contributed by atoms with van der Waals surface area (Å²) in [6, 6.07) is 2.62. The molecule has 0 fully saturated rings. The molecule has 0 aliphatic heterocycles. The quantitative estimate of drug-likeness (QED) is 0.601. The van der Waals surface area contributed by atoms with Gasteiger partial charge in [0.2, 0.25) is 0 Å². The molecule has 18 heavy (non-hydrogen) atoms. The van der Waals surface area contributed by atoms with Gasteiger partial charge in [-0.3, -0.25) is 0 Å². The predicted octanol–water partition coefficient (Wildman–Crippen LogP) is 4.12. The van der Waals surface area contributed by atoms with Crippen LogP contribution in [0.15, 0.2) is 18.2 Å². The van der Waals surface area contributed by atoms with Gasteiger partial charge < -0.3 is 5.32 Å². The first kappa shape index (κ1) is 15.0. The number of unbranched alkanes of at least 4 members (excludes halogenated alkanes) is 2. The van der Waals surface area contributed by atoms with Gasteiger partial charge in [0.15, 0.2) is 0 Å². The molecule has 102 valence electrons. The van der Waals surface area contributed by atoms with Crippen LogP contribution in [0.3, 0.4) is 0 Å². The maximum absolute atomic E-state index is 13.1. The topological polar surface area (TPSA) is 12.0 Å². The van der Waals surface area contributed by atoms with Gasteiger partial charge in [-0.2, -0.15) is 13.2 Å². The standard InChI is InChI=1S/C13H17F4N/c1-2-3-4-5-18-9-10-6-11(13(15,16)17)8-12(14)7-10/h6-8,18H,2-5,9H2,1H3. The monoisotopic (exact) mass is 263 g/mol. The second-order valence-electron chi connectivity index (χ2n) is 4.23. The van der Waals surface area contributed by atoms with E-state index < -0.39 is 17.6 Å². The first-order chi connectivity index (χ1) is 8.43. The molecule has 1 aromatic rings. The predicted molar refractivity (Wildman–Crippen MR) is 62.6 cm³/mol. The van der Waals surface area contributed by atoms with Crippen LogP contribution < -0.4 is 5.32 Å². The van der Waals surface area contributed by atoms with Gasteiger partial charge in [0.25, 0.3) is 0 Å². The van der Waals surface area contributed by atoms with E-state index in [0.29, 0.717) is 11.6 Å². The van der Waals surface area contributed by atoms with Crippen LogP contribution in [-0.4, -0.2) is 6.54 Å². The summed E-state index contributed by atoms with van der Waals surface area (Å²) in [5, 5.41) is 3.01. The molecule has 1 aromatic carbocycles. The largest absolute Gasteiger partial charge is 0.416 e. The molecule has 0 spiro atoms. The molecule has 5 heteroatoms. The van der Waals surface area contributed by atoms with Crippen molar-refractivity contribution in [2.45, 2.75) is 38.9 Å². The summed E-state index contributed by atoms with van der Waals surface area (Å²) < 4.78 is 50.4. The molecule has 0 aliphatic carbocycles. The van der Waals surface area contributed by atoms with Crippen molar-refractivity contribution < 1.29 is 17.6 Å². The van der Waals surface area contributed by atoms with Gasteiger partial charge in [0.1, 0.15) is 5.82 Å². The Morgan fingerprint density at radius 2 is 1.83 bits per heavy atom. The molecule has 1 N–H and O–H groups in total. The highest BCUT2D eigenvalue weighted by Crippen LogP contribution is 2.30. The zero-order chi connectivity index (χ0) is 13.6. The van der Waals surface area contributed by atoms with E-state index in [4.69, 9.17) is 0 Å². The number of halogens is 4. The average molecular weight is 263 g/mol. The molecule has 0 atom stereocenters. The van der Waals surface area contributed by atoms with Crippen molar-refractivity contribution in [3.63, 3.8) is 0 Å². The zero-order valence-corrected chi connectivity index (χ0v) is 10.3. The van der Waals surface area contributed by atoms with Gasteiger partial charge in [-0.05, 0) is 36.7 Å². The van der Waals surface area contributed by atoms with Gasteiger partial charge >= 0.3 is 6.18 Å².